The molecule has 140 valence electrons. The Morgan fingerprint density at radius 1 is 1.20 bits per heavy atom. The van der Waals surface area contributed by atoms with Crippen molar-refractivity contribution >= 4 is 23.6 Å². The number of hydrogen-bond donors (Lipinski definition) is 3. The maximum Gasteiger partial charge on any atom is 0.407 e. The van der Waals surface area contributed by atoms with Gasteiger partial charge < -0.3 is 20.5 Å². The van der Waals surface area contributed by atoms with Crippen molar-refractivity contribution in [3.63, 3.8) is 0 Å². The lowest BCUT2D eigenvalue weighted by Crippen LogP contribution is -2.57. The molecule has 1 aromatic rings. The first-order valence-electron chi connectivity index (χ1n) is 8.11. The molecule has 0 saturated carbocycles. The number of aliphatic hydroxyl groups excluding tert-OH is 1. The molecule has 1 aromatic carbocycles. The molecule has 0 saturated heterocycles. The molecule has 25 heavy (non-hydrogen) atoms. The van der Waals surface area contributed by atoms with E-state index in [2.05, 4.69) is 15.4 Å². The molecule has 0 heterocycles. The zero-order valence-corrected chi connectivity index (χ0v) is 15.8. The number of rotatable bonds is 7. The van der Waals surface area contributed by atoms with Gasteiger partial charge in [0.15, 0.2) is 0 Å². The summed E-state index contributed by atoms with van der Waals surface area (Å²) in [7, 11) is 1.24. The SMILES string of the molecule is COC(=O)NC(C(=O)N[C@@H](Cc1ccccc1)C(O)CCl)C(C)(C)C. The lowest BCUT2D eigenvalue weighted by atomic mass is 9.86. The van der Waals surface area contributed by atoms with Crippen LogP contribution in [0.5, 0.6) is 0 Å². The summed E-state index contributed by atoms with van der Waals surface area (Å²) in [5.74, 6) is -0.412. The lowest BCUT2D eigenvalue weighted by Gasteiger charge is -2.32. The van der Waals surface area contributed by atoms with Gasteiger partial charge in [-0.15, -0.1) is 11.6 Å². The molecular formula is C18H27ClN2O4. The number of aliphatic hydroxyl groups is 1. The molecule has 3 N–H and O–H groups in total. The van der Waals surface area contributed by atoms with E-state index >= 15 is 0 Å². The Hall–Kier alpha value is -1.79. The van der Waals surface area contributed by atoms with Crippen molar-refractivity contribution in [3.8, 4) is 0 Å². The highest BCUT2D eigenvalue weighted by molar-refractivity contribution is 6.18. The standard InChI is InChI=1S/C18H27ClN2O4/c1-18(2,3)15(21-17(24)25-4)16(23)20-13(14(22)11-19)10-12-8-6-5-7-9-12/h5-9,13-15,22H,10-11H2,1-4H3,(H,20,23)(H,21,24)/t13-,14?,15?/m0/s1. The van der Waals surface area contributed by atoms with Gasteiger partial charge in [-0.05, 0) is 17.4 Å². The van der Waals surface area contributed by atoms with Crippen LogP contribution in [0.3, 0.4) is 0 Å². The topological polar surface area (TPSA) is 87.7 Å². The van der Waals surface area contributed by atoms with Crippen LogP contribution in [0.15, 0.2) is 30.3 Å². The second-order valence-electron chi connectivity index (χ2n) is 6.96. The van der Waals surface area contributed by atoms with Gasteiger partial charge >= 0.3 is 6.09 Å². The minimum atomic E-state index is -0.912. The summed E-state index contributed by atoms with van der Waals surface area (Å²) in [6.45, 7) is 5.49. The van der Waals surface area contributed by atoms with Crippen LogP contribution < -0.4 is 10.6 Å². The number of nitrogens with one attached hydrogen (secondary N) is 2. The van der Waals surface area contributed by atoms with Crippen molar-refractivity contribution in [1.82, 2.24) is 10.6 Å². The highest BCUT2D eigenvalue weighted by Gasteiger charge is 2.35. The van der Waals surface area contributed by atoms with Gasteiger partial charge in [0.1, 0.15) is 6.04 Å². The summed E-state index contributed by atoms with van der Waals surface area (Å²) in [6, 6.07) is 8.10. The Labute approximate surface area is 153 Å². The van der Waals surface area contributed by atoms with E-state index in [0.717, 1.165) is 5.56 Å². The summed E-state index contributed by atoms with van der Waals surface area (Å²) in [5, 5.41) is 15.5. The normalized spacial score (nSPS) is 15.0. The number of alkyl halides is 1. The van der Waals surface area contributed by atoms with Gasteiger partial charge in [0, 0.05) is 0 Å². The zero-order chi connectivity index (χ0) is 19.0. The van der Waals surface area contributed by atoms with Crippen LogP contribution in [-0.4, -0.2) is 48.3 Å². The fourth-order valence-corrected chi connectivity index (χ4v) is 2.59. The predicted molar refractivity (Wildman–Crippen MR) is 97.6 cm³/mol. The number of benzene rings is 1. The van der Waals surface area contributed by atoms with Crippen LogP contribution in [0.2, 0.25) is 0 Å². The van der Waals surface area contributed by atoms with Crippen molar-refractivity contribution in [3.05, 3.63) is 35.9 Å². The molecule has 7 heteroatoms. The van der Waals surface area contributed by atoms with Gasteiger partial charge in [0.25, 0.3) is 0 Å². The number of methoxy groups -OCH3 is 1. The largest absolute Gasteiger partial charge is 0.453 e. The summed E-state index contributed by atoms with van der Waals surface area (Å²) in [5.41, 5.74) is 0.423. The van der Waals surface area contributed by atoms with Gasteiger partial charge in [0.2, 0.25) is 5.91 Å². The molecule has 0 radical (unpaired) electrons. The van der Waals surface area contributed by atoms with Gasteiger partial charge in [-0.2, -0.15) is 0 Å². The van der Waals surface area contributed by atoms with Crippen LogP contribution in [0, 0.1) is 5.41 Å². The average Bonchev–Trinajstić information content (AvgIpc) is 2.57. The van der Waals surface area contributed by atoms with E-state index in [1.807, 2.05) is 51.1 Å². The van der Waals surface area contributed by atoms with Crippen LogP contribution in [0.1, 0.15) is 26.3 Å². The van der Waals surface area contributed by atoms with E-state index in [0.29, 0.717) is 6.42 Å². The third-order valence-electron chi connectivity index (χ3n) is 3.82. The van der Waals surface area contributed by atoms with Gasteiger partial charge in [-0.25, -0.2) is 4.79 Å². The van der Waals surface area contributed by atoms with Crippen molar-refractivity contribution in [2.75, 3.05) is 13.0 Å². The minimum Gasteiger partial charge on any atom is -0.453 e. The molecule has 6 nitrogen and oxygen atoms in total. The van der Waals surface area contributed by atoms with Gasteiger partial charge in [-0.3, -0.25) is 4.79 Å². The molecule has 0 aliphatic heterocycles. The van der Waals surface area contributed by atoms with E-state index in [-0.39, 0.29) is 5.88 Å². The Balaban J connectivity index is 2.92. The third-order valence-corrected chi connectivity index (χ3v) is 4.14. The van der Waals surface area contributed by atoms with Crippen LogP contribution in [0.4, 0.5) is 4.79 Å². The first-order chi connectivity index (χ1) is 11.7. The summed E-state index contributed by atoms with van der Waals surface area (Å²) in [6.07, 6.45) is -1.17. The number of alkyl carbamates (subject to hydrolysis) is 1. The van der Waals surface area contributed by atoms with Crippen molar-refractivity contribution in [2.24, 2.45) is 5.41 Å². The lowest BCUT2D eigenvalue weighted by molar-refractivity contribution is -0.127. The Morgan fingerprint density at radius 3 is 2.28 bits per heavy atom. The van der Waals surface area contributed by atoms with Crippen LogP contribution in [0.25, 0.3) is 0 Å². The quantitative estimate of drug-likeness (QED) is 0.641. The molecule has 1 rings (SSSR count). The van der Waals surface area contributed by atoms with Crippen LogP contribution in [-0.2, 0) is 16.0 Å². The molecule has 0 fully saturated rings. The summed E-state index contributed by atoms with van der Waals surface area (Å²) < 4.78 is 4.59. The second kappa shape index (κ2) is 9.63. The Kier molecular flexibility index (Phi) is 8.19. The number of carbonyl (C=O) groups is 2. The Morgan fingerprint density at radius 2 is 1.80 bits per heavy atom. The maximum atomic E-state index is 12.7. The molecule has 2 amide bonds. The smallest absolute Gasteiger partial charge is 0.407 e. The van der Waals surface area contributed by atoms with E-state index in [9.17, 15) is 14.7 Å². The third kappa shape index (κ3) is 6.92. The maximum absolute atomic E-state index is 12.7. The highest BCUT2D eigenvalue weighted by Crippen LogP contribution is 2.20. The fraction of sp³-hybridized carbons (Fsp3) is 0.556. The van der Waals surface area contributed by atoms with Gasteiger partial charge in [0.05, 0.1) is 25.1 Å². The molecule has 2 unspecified atom stereocenters. The average molecular weight is 371 g/mol. The summed E-state index contributed by atoms with van der Waals surface area (Å²) >= 11 is 5.78. The highest BCUT2D eigenvalue weighted by atomic mass is 35.5. The molecule has 0 aromatic heterocycles. The molecule has 0 aliphatic carbocycles. The van der Waals surface area contributed by atoms with Crippen molar-refractivity contribution in [2.45, 2.75) is 45.4 Å². The number of carbonyl (C=O) groups excluding carboxylic acids is 2. The fourth-order valence-electron chi connectivity index (χ4n) is 2.38. The molecule has 0 aliphatic rings. The van der Waals surface area contributed by atoms with E-state index in [1.165, 1.54) is 7.11 Å². The van der Waals surface area contributed by atoms with Crippen molar-refractivity contribution in [1.29, 1.82) is 0 Å². The summed E-state index contributed by atoms with van der Waals surface area (Å²) in [4.78, 5) is 24.3. The van der Waals surface area contributed by atoms with Crippen LogP contribution >= 0.6 is 11.6 Å². The number of amides is 2. The van der Waals surface area contributed by atoms with E-state index in [4.69, 9.17) is 11.6 Å². The van der Waals surface area contributed by atoms with E-state index < -0.39 is 35.6 Å². The molecule has 0 spiro atoms. The van der Waals surface area contributed by atoms with Crippen molar-refractivity contribution < 1.29 is 19.4 Å². The first kappa shape index (κ1) is 21.3. The van der Waals surface area contributed by atoms with Gasteiger partial charge in [-0.1, -0.05) is 51.1 Å². The first-order valence-corrected chi connectivity index (χ1v) is 8.65. The monoisotopic (exact) mass is 370 g/mol. The predicted octanol–water partition coefficient (Wildman–Crippen LogP) is 2.08. The van der Waals surface area contributed by atoms with E-state index in [1.54, 1.807) is 0 Å². The number of halogens is 1. The molecular weight excluding hydrogens is 344 g/mol. The number of hydrogen-bond acceptors (Lipinski definition) is 4. The second-order valence-corrected chi connectivity index (χ2v) is 7.27. The zero-order valence-electron chi connectivity index (χ0n) is 15.1. The molecule has 3 atom stereocenters. The minimum absolute atomic E-state index is 0.0115. The molecule has 0 bridgehead atoms. The Bertz CT molecular complexity index is 560. The number of ether oxygens (including phenoxy) is 1.